The first kappa shape index (κ1) is 8.52. The fourth-order valence-corrected chi connectivity index (χ4v) is 3.18. The Labute approximate surface area is 74.6 Å². The molecule has 0 amide bonds. The van der Waals surface area contributed by atoms with Gasteiger partial charge in [0.15, 0.2) is 0 Å². The van der Waals surface area contributed by atoms with Crippen LogP contribution < -0.4 is 5.48 Å². The second kappa shape index (κ2) is 3.35. The van der Waals surface area contributed by atoms with Gasteiger partial charge in [-0.1, -0.05) is 6.42 Å². The number of rotatable bonds is 3. The van der Waals surface area contributed by atoms with Crippen LogP contribution in [0.5, 0.6) is 0 Å². The minimum absolute atomic E-state index is 0.547. The van der Waals surface area contributed by atoms with Gasteiger partial charge >= 0.3 is 0 Å². The lowest BCUT2D eigenvalue weighted by molar-refractivity contribution is 0.0368. The lowest BCUT2D eigenvalue weighted by Gasteiger charge is -2.27. The summed E-state index contributed by atoms with van der Waals surface area (Å²) in [5, 5.41) is 0. The van der Waals surface area contributed by atoms with Crippen LogP contribution in [0.4, 0.5) is 0 Å². The Balaban J connectivity index is 1.89. The minimum atomic E-state index is 0.547. The largest absolute Gasteiger partial charge is 0.305 e. The van der Waals surface area contributed by atoms with E-state index in [-0.39, 0.29) is 0 Å². The van der Waals surface area contributed by atoms with Crippen molar-refractivity contribution in [2.24, 2.45) is 17.8 Å². The van der Waals surface area contributed by atoms with Gasteiger partial charge in [0.2, 0.25) is 0 Å². The van der Waals surface area contributed by atoms with Crippen LogP contribution in [0.2, 0.25) is 0 Å². The standard InChI is InChI=1S/C10H19NO/c1-7(11-12-2)10-6-8-3-4-9(10)5-8/h7-11H,3-6H2,1-2H3. The summed E-state index contributed by atoms with van der Waals surface area (Å²) in [5.74, 6) is 2.91. The molecule has 0 aromatic carbocycles. The Bertz CT molecular complexity index is 160. The van der Waals surface area contributed by atoms with E-state index in [2.05, 4.69) is 12.4 Å². The van der Waals surface area contributed by atoms with Gasteiger partial charge in [-0.3, -0.25) is 0 Å². The zero-order valence-electron chi connectivity index (χ0n) is 8.05. The number of fused-ring (bicyclic) bond motifs is 2. The first-order valence-corrected chi connectivity index (χ1v) is 5.09. The van der Waals surface area contributed by atoms with Crippen molar-refractivity contribution in [3.8, 4) is 0 Å². The Morgan fingerprint density at radius 1 is 1.33 bits per heavy atom. The van der Waals surface area contributed by atoms with Gasteiger partial charge in [0, 0.05) is 6.04 Å². The zero-order valence-corrected chi connectivity index (χ0v) is 8.05. The lowest BCUT2D eigenvalue weighted by atomic mass is 9.84. The van der Waals surface area contributed by atoms with Gasteiger partial charge in [-0.15, -0.1) is 0 Å². The Hall–Kier alpha value is -0.0800. The highest BCUT2D eigenvalue weighted by Gasteiger charge is 2.41. The van der Waals surface area contributed by atoms with Gasteiger partial charge in [-0.25, -0.2) is 0 Å². The molecule has 2 nitrogen and oxygen atoms in total. The van der Waals surface area contributed by atoms with E-state index in [4.69, 9.17) is 4.84 Å². The van der Waals surface area contributed by atoms with Crippen molar-refractivity contribution >= 4 is 0 Å². The highest BCUT2D eigenvalue weighted by Crippen LogP contribution is 2.49. The highest BCUT2D eigenvalue weighted by molar-refractivity contribution is 4.93. The maximum atomic E-state index is 4.97. The molecule has 2 aliphatic rings. The van der Waals surface area contributed by atoms with Crippen molar-refractivity contribution in [3.63, 3.8) is 0 Å². The number of hydrogen-bond acceptors (Lipinski definition) is 2. The number of hydroxylamine groups is 1. The summed E-state index contributed by atoms with van der Waals surface area (Å²) in [4.78, 5) is 4.97. The maximum Gasteiger partial charge on any atom is 0.0572 e. The van der Waals surface area contributed by atoms with Crippen LogP contribution in [0.3, 0.4) is 0 Å². The Morgan fingerprint density at radius 2 is 2.17 bits per heavy atom. The predicted octanol–water partition coefficient (Wildman–Crippen LogP) is 1.96. The van der Waals surface area contributed by atoms with Gasteiger partial charge < -0.3 is 4.84 Å². The third-order valence-corrected chi connectivity index (χ3v) is 3.74. The monoisotopic (exact) mass is 169 g/mol. The van der Waals surface area contributed by atoms with Crippen LogP contribution in [0.1, 0.15) is 32.6 Å². The quantitative estimate of drug-likeness (QED) is 0.652. The molecule has 2 rings (SSSR count). The second-order valence-corrected chi connectivity index (χ2v) is 4.45. The molecule has 0 aliphatic heterocycles. The molecule has 0 spiro atoms. The summed E-state index contributed by atoms with van der Waals surface area (Å²) in [6.45, 7) is 2.24. The molecule has 2 aliphatic carbocycles. The zero-order chi connectivity index (χ0) is 8.55. The third-order valence-electron chi connectivity index (χ3n) is 3.74. The Kier molecular flexibility index (Phi) is 2.37. The van der Waals surface area contributed by atoms with Gasteiger partial charge in [0.1, 0.15) is 0 Å². The summed E-state index contributed by atoms with van der Waals surface area (Å²) in [6, 6.07) is 0.547. The maximum absolute atomic E-state index is 4.97. The average Bonchev–Trinajstić information content (AvgIpc) is 2.64. The summed E-state index contributed by atoms with van der Waals surface area (Å²) in [6.07, 6.45) is 5.87. The lowest BCUT2D eigenvalue weighted by Crippen LogP contribution is -2.35. The minimum Gasteiger partial charge on any atom is -0.305 e. The van der Waals surface area contributed by atoms with E-state index in [1.807, 2.05) is 0 Å². The molecule has 0 heterocycles. The van der Waals surface area contributed by atoms with E-state index in [1.54, 1.807) is 7.11 Å². The van der Waals surface area contributed by atoms with Gasteiger partial charge in [-0.2, -0.15) is 5.48 Å². The SMILES string of the molecule is CONC(C)C1CC2CCC1C2. The molecule has 0 aromatic rings. The summed E-state index contributed by atoms with van der Waals surface area (Å²) >= 11 is 0. The molecule has 2 saturated carbocycles. The summed E-state index contributed by atoms with van der Waals surface area (Å²) in [5.41, 5.74) is 3.07. The third kappa shape index (κ3) is 1.38. The Morgan fingerprint density at radius 3 is 2.67 bits per heavy atom. The van der Waals surface area contributed by atoms with Crippen LogP contribution in [0.15, 0.2) is 0 Å². The van der Waals surface area contributed by atoms with Crippen LogP contribution in [-0.2, 0) is 4.84 Å². The predicted molar refractivity (Wildman–Crippen MR) is 48.5 cm³/mol. The van der Waals surface area contributed by atoms with Crippen LogP contribution in [0.25, 0.3) is 0 Å². The van der Waals surface area contributed by atoms with Crippen LogP contribution in [0, 0.1) is 17.8 Å². The van der Waals surface area contributed by atoms with Crippen LogP contribution >= 0.6 is 0 Å². The van der Waals surface area contributed by atoms with Crippen LogP contribution in [-0.4, -0.2) is 13.2 Å². The molecular formula is C10H19NO. The van der Waals surface area contributed by atoms with E-state index in [0.29, 0.717) is 6.04 Å². The first-order valence-electron chi connectivity index (χ1n) is 5.09. The molecule has 0 aromatic heterocycles. The highest BCUT2D eigenvalue weighted by atomic mass is 16.6. The average molecular weight is 169 g/mol. The van der Waals surface area contributed by atoms with Gasteiger partial charge in [-0.05, 0) is 43.9 Å². The molecule has 4 atom stereocenters. The van der Waals surface area contributed by atoms with Crippen molar-refractivity contribution in [3.05, 3.63) is 0 Å². The molecule has 12 heavy (non-hydrogen) atoms. The van der Waals surface area contributed by atoms with Gasteiger partial charge in [0.25, 0.3) is 0 Å². The summed E-state index contributed by atoms with van der Waals surface area (Å²) < 4.78 is 0. The fraction of sp³-hybridized carbons (Fsp3) is 1.00. The molecule has 2 fully saturated rings. The molecule has 2 bridgehead atoms. The van der Waals surface area contributed by atoms with E-state index in [0.717, 1.165) is 17.8 Å². The van der Waals surface area contributed by atoms with Crippen molar-refractivity contribution in [2.45, 2.75) is 38.6 Å². The summed E-state index contributed by atoms with van der Waals surface area (Å²) in [7, 11) is 1.71. The number of nitrogens with one attached hydrogen (secondary N) is 1. The smallest absolute Gasteiger partial charge is 0.0572 e. The van der Waals surface area contributed by atoms with Crippen molar-refractivity contribution in [1.82, 2.24) is 5.48 Å². The molecule has 70 valence electrons. The molecular weight excluding hydrogens is 150 g/mol. The second-order valence-electron chi connectivity index (χ2n) is 4.45. The van der Waals surface area contributed by atoms with E-state index >= 15 is 0 Å². The number of hydrogen-bond donors (Lipinski definition) is 1. The van der Waals surface area contributed by atoms with Gasteiger partial charge in [0.05, 0.1) is 7.11 Å². The molecule has 0 saturated heterocycles. The van der Waals surface area contributed by atoms with E-state index in [9.17, 15) is 0 Å². The normalized spacial score (nSPS) is 42.0. The molecule has 0 radical (unpaired) electrons. The van der Waals surface area contributed by atoms with E-state index < -0.39 is 0 Å². The van der Waals surface area contributed by atoms with Crippen molar-refractivity contribution in [2.75, 3.05) is 7.11 Å². The molecule has 4 unspecified atom stereocenters. The van der Waals surface area contributed by atoms with E-state index in [1.165, 1.54) is 25.7 Å². The van der Waals surface area contributed by atoms with Crippen molar-refractivity contribution < 1.29 is 4.84 Å². The van der Waals surface area contributed by atoms with Crippen molar-refractivity contribution in [1.29, 1.82) is 0 Å². The molecule has 1 N–H and O–H groups in total. The first-order chi connectivity index (χ1) is 5.81. The topological polar surface area (TPSA) is 21.3 Å². The fourth-order valence-electron chi connectivity index (χ4n) is 3.18. The molecule has 2 heteroatoms.